The van der Waals surface area contributed by atoms with Crippen molar-refractivity contribution in [2.45, 2.75) is 13.0 Å². The predicted molar refractivity (Wildman–Crippen MR) is 106 cm³/mol. The minimum Gasteiger partial charge on any atom is -0.322 e. The number of hydrogen-bond acceptors (Lipinski definition) is 4. The van der Waals surface area contributed by atoms with E-state index in [2.05, 4.69) is 16.4 Å². The SMILES string of the molecule is C[C@@H](c1nc2ccccc2s1)N(C)CC(=O)Nc1c(Cl)cccc1Cl. The lowest BCUT2D eigenvalue weighted by molar-refractivity contribution is -0.117. The van der Waals surface area contributed by atoms with Crippen LogP contribution in [0.25, 0.3) is 10.2 Å². The first-order chi connectivity index (χ1) is 12.0. The van der Waals surface area contributed by atoms with E-state index in [-0.39, 0.29) is 18.5 Å². The van der Waals surface area contributed by atoms with Gasteiger partial charge in [-0.05, 0) is 38.2 Å². The van der Waals surface area contributed by atoms with Gasteiger partial charge in [0.15, 0.2) is 0 Å². The third kappa shape index (κ3) is 4.12. The first-order valence-corrected chi connectivity index (χ1v) is 9.32. The molecule has 0 aliphatic rings. The minimum absolute atomic E-state index is 0.0184. The van der Waals surface area contributed by atoms with Gasteiger partial charge in [-0.1, -0.05) is 41.4 Å². The molecule has 0 fully saturated rings. The topological polar surface area (TPSA) is 45.2 Å². The Morgan fingerprint density at radius 3 is 2.56 bits per heavy atom. The van der Waals surface area contributed by atoms with Crippen LogP contribution in [0.3, 0.4) is 0 Å². The Kier molecular flexibility index (Phi) is 5.59. The molecule has 0 radical (unpaired) electrons. The number of nitrogens with zero attached hydrogens (tertiary/aromatic N) is 2. The van der Waals surface area contributed by atoms with Crippen LogP contribution in [0.2, 0.25) is 10.0 Å². The van der Waals surface area contributed by atoms with E-state index in [1.165, 1.54) is 0 Å². The van der Waals surface area contributed by atoms with Crippen LogP contribution < -0.4 is 5.32 Å². The van der Waals surface area contributed by atoms with Crippen LogP contribution in [0.1, 0.15) is 18.0 Å². The molecule has 0 bridgehead atoms. The van der Waals surface area contributed by atoms with Crippen molar-refractivity contribution in [3.05, 3.63) is 57.5 Å². The second-order valence-corrected chi connectivity index (χ2v) is 7.63. The molecule has 2 aromatic carbocycles. The molecular weight excluding hydrogens is 377 g/mol. The summed E-state index contributed by atoms with van der Waals surface area (Å²) >= 11 is 13.8. The highest BCUT2D eigenvalue weighted by Gasteiger charge is 2.19. The summed E-state index contributed by atoms with van der Waals surface area (Å²) in [5, 5.41) is 4.60. The molecular formula is C18H17Cl2N3OS. The Morgan fingerprint density at radius 1 is 1.20 bits per heavy atom. The number of halogens is 2. The molecule has 1 amide bonds. The van der Waals surface area contributed by atoms with Crippen molar-refractivity contribution in [3.63, 3.8) is 0 Å². The number of rotatable bonds is 5. The van der Waals surface area contributed by atoms with Crippen LogP contribution in [0.15, 0.2) is 42.5 Å². The zero-order chi connectivity index (χ0) is 18.0. The summed E-state index contributed by atoms with van der Waals surface area (Å²) in [6.45, 7) is 2.24. The largest absolute Gasteiger partial charge is 0.322 e. The number of fused-ring (bicyclic) bond motifs is 1. The predicted octanol–water partition coefficient (Wildman–Crippen LogP) is 5.23. The van der Waals surface area contributed by atoms with E-state index in [0.29, 0.717) is 15.7 Å². The van der Waals surface area contributed by atoms with Crippen molar-refractivity contribution < 1.29 is 4.79 Å². The lowest BCUT2D eigenvalue weighted by Gasteiger charge is -2.22. The van der Waals surface area contributed by atoms with Gasteiger partial charge in [0, 0.05) is 0 Å². The van der Waals surface area contributed by atoms with E-state index in [9.17, 15) is 4.79 Å². The summed E-state index contributed by atoms with van der Waals surface area (Å²) in [5.41, 5.74) is 1.42. The summed E-state index contributed by atoms with van der Waals surface area (Å²) in [4.78, 5) is 18.9. The molecule has 0 aliphatic carbocycles. The average Bonchev–Trinajstić information content (AvgIpc) is 3.01. The smallest absolute Gasteiger partial charge is 0.238 e. The first kappa shape index (κ1) is 18.1. The maximum atomic E-state index is 12.3. The van der Waals surface area contributed by atoms with E-state index >= 15 is 0 Å². The van der Waals surface area contributed by atoms with Crippen molar-refractivity contribution in [2.75, 3.05) is 18.9 Å². The first-order valence-electron chi connectivity index (χ1n) is 7.75. The van der Waals surface area contributed by atoms with E-state index in [0.717, 1.165) is 15.2 Å². The second kappa shape index (κ2) is 7.70. The van der Waals surface area contributed by atoms with Crippen LogP contribution >= 0.6 is 34.5 Å². The highest BCUT2D eigenvalue weighted by atomic mass is 35.5. The Balaban J connectivity index is 1.68. The van der Waals surface area contributed by atoms with Gasteiger partial charge in [0.25, 0.3) is 0 Å². The molecule has 1 N–H and O–H groups in total. The van der Waals surface area contributed by atoms with Crippen LogP contribution in [-0.2, 0) is 4.79 Å². The maximum absolute atomic E-state index is 12.3. The number of amides is 1. The van der Waals surface area contributed by atoms with Crippen molar-refractivity contribution in [2.24, 2.45) is 0 Å². The molecule has 1 atom stereocenters. The van der Waals surface area contributed by atoms with Crippen molar-refractivity contribution in [3.8, 4) is 0 Å². The standard InChI is InChI=1S/C18H17Cl2N3OS/c1-11(18-21-14-8-3-4-9-15(14)25-18)23(2)10-16(24)22-17-12(19)6-5-7-13(17)20/h3-9,11H,10H2,1-2H3,(H,22,24)/t11-/m0/s1. The van der Waals surface area contributed by atoms with Crippen molar-refractivity contribution in [1.82, 2.24) is 9.88 Å². The normalized spacial score (nSPS) is 12.5. The number of hydrogen-bond donors (Lipinski definition) is 1. The Hall–Kier alpha value is -1.66. The van der Waals surface area contributed by atoms with Gasteiger partial charge in [-0.15, -0.1) is 11.3 Å². The van der Waals surface area contributed by atoms with Gasteiger partial charge in [-0.25, -0.2) is 4.98 Å². The Bertz CT molecular complexity index is 859. The minimum atomic E-state index is -0.175. The maximum Gasteiger partial charge on any atom is 0.238 e. The molecule has 0 saturated heterocycles. The van der Waals surface area contributed by atoms with Gasteiger partial charge in [0.05, 0.1) is 38.5 Å². The van der Waals surface area contributed by atoms with E-state index in [1.54, 1.807) is 29.5 Å². The molecule has 0 saturated carbocycles. The number of anilines is 1. The van der Waals surface area contributed by atoms with Gasteiger partial charge in [0.2, 0.25) is 5.91 Å². The van der Waals surface area contributed by atoms with Crippen LogP contribution in [0.5, 0.6) is 0 Å². The van der Waals surface area contributed by atoms with Crippen molar-refractivity contribution in [1.29, 1.82) is 0 Å². The number of benzene rings is 2. The molecule has 1 aromatic heterocycles. The number of carbonyl (C=O) groups is 1. The fourth-order valence-electron chi connectivity index (χ4n) is 2.42. The Labute approximate surface area is 160 Å². The molecule has 130 valence electrons. The lowest BCUT2D eigenvalue weighted by atomic mass is 10.3. The summed E-state index contributed by atoms with van der Waals surface area (Å²) < 4.78 is 1.14. The number of thiazole rings is 1. The average molecular weight is 394 g/mol. The molecule has 25 heavy (non-hydrogen) atoms. The summed E-state index contributed by atoms with van der Waals surface area (Å²) in [7, 11) is 1.89. The van der Waals surface area contributed by atoms with Crippen molar-refractivity contribution >= 4 is 56.3 Å². The van der Waals surface area contributed by atoms with Gasteiger partial charge in [0.1, 0.15) is 5.01 Å². The highest BCUT2D eigenvalue weighted by molar-refractivity contribution is 7.18. The highest BCUT2D eigenvalue weighted by Crippen LogP contribution is 2.31. The number of carbonyl (C=O) groups excluding carboxylic acids is 1. The number of likely N-dealkylation sites (N-methyl/N-ethyl adjacent to an activating group) is 1. The molecule has 7 heteroatoms. The molecule has 3 aromatic rings. The van der Waals surface area contributed by atoms with Crippen LogP contribution in [-0.4, -0.2) is 29.4 Å². The third-order valence-electron chi connectivity index (χ3n) is 3.95. The fourth-order valence-corrected chi connectivity index (χ4v) is 3.99. The Morgan fingerprint density at radius 2 is 1.88 bits per heavy atom. The van der Waals surface area contributed by atoms with Gasteiger partial charge < -0.3 is 5.32 Å². The lowest BCUT2D eigenvalue weighted by Crippen LogP contribution is -2.32. The molecule has 4 nitrogen and oxygen atoms in total. The monoisotopic (exact) mass is 393 g/mol. The molecule has 0 spiro atoms. The quantitative estimate of drug-likeness (QED) is 0.644. The fraction of sp³-hybridized carbons (Fsp3) is 0.222. The number of aromatic nitrogens is 1. The summed E-state index contributed by atoms with van der Waals surface area (Å²) in [6.07, 6.45) is 0. The van der Waals surface area contributed by atoms with Crippen LogP contribution in [0.4, 0.5) is 5.69 Å². The summed E-state index contributed by atoms with van der Waals surface area (Å²) in [5.74, 6) is -0.175. The van der Waals surface area contributed by atoms with E-state index < -0.39 is 0 Å². The van der Waals surface area contributed by atoms with Gasteiger partial charge >= 0.3 is 0 Å². The van der Waals surface area contributed by atoms with Crippen LogP contribution in [0, 0.1) is 0 Å². The third-order valence-corrected chi connectivity index (χ3v) is 5.79. The van der Waals surface area contributed by atoms with E-state index in [1.807, 2.05) is 37.1 Å². The summed E-state index contributed by atoms with van der Waals surface area (Å²) in [6, 6.07) is 13.2. The van der Waals surface area contributed by atoms with E-state index in [4.69, 9.17) is 23.2 Å². The molecule has 1 heterocycles. The molecule has 0 unspecified atom stereocenters. The van der Waals surface area contributed by atoms with Gasteiger partial charge in [-0.2, -0.15) is 0 Å². The number of nitrogens with one attached hydrogen (secondary N) is 1. The zero-order valence-electron chi connectivity index (χ0n) is 13.8. The molecule has 0 aliphatic heterocycles. The molecule has 3 rings (SSSR count). The number of para-hydroxylation sites is 2. The second-order valence-electron chi connectivity index (χ2n) is 5.76. The van der Waals surface area contributed by atoms with Gasteiger partial charge in [-0.3, -0.25) is 9.69 Å². The zero-order valence-corrected chi connectivity index (χ0v) is 16.1.